The van der Waals surface area contributed by atoms with Crippen molar-refractivity contribution in [3.8, 4) is 0 Å². The first-order valence-corrected chi connectivity index (χ1v) is 7.69. The Kier molecular flexibility index (Phi) is 6.02. The Morgan fingerprint density at radius 1 is 1.17 bits per heavy atom. The van der Waals surface area contributed by atoms with Crippen molar-refractivity contribution < 1.29 is 14.3 Å². The van der Waals surface area contributed by atoms with Crippen LogP contribution in [0, 0.1) is 0 Å². The van der Waals surface area contributed by atoms with E-state index in [-0.39, 0.29) is 12.6 Å². The number of ether oxygens (including phenoxy) is 1. The summed E-state index contributed by atoms with van der Waals surface area (Å²) >= 11 is 11.5. The fourth-order valence-electron chi connectivity index (χ4n) is 2.02. The number of halogens is 2. The van der Waals surface area contributed by atoms with E-state index in [1.165, 1.54) is 6.07 Å². The van der Waals surface area contributed by atoms with Crippen LogP contribution in [-0.2, 0) is 11.3 Å². The number of benzene rings is 2. The van der Waals surface area contributed by atoms with E-state index in [0.29, 0.717) is 16.1 Å². The van der Waals surface area contributed by atoms with Crippen LogP contribution in [0.5, 0.6) is 0 Å². The summed E-state index contributed by atoms with van der Waals surface area (Å²) in [5.74, 6) is 0. The SMILES string of the molecule is CC(NC(=O)OCc1ccccc1)c1ccc(C(=O)Cl)cc1Cl. The van der Waals surface area contributed by atoms with Gasteiger partial charge < -0.3 is 10.1 Å². The Balaban J connectivity index is 1.94. The van der Waals surface area contributed by atoms with Crippen molar-refractivity contribution in [3.63, 3.8) is 0 Å². The van der Waals surface area contributed by atoms with Gasteiger partial charge in [0, 0.05) is 10.6 Å². The molecule has 0 heterocycles. The highest BCUT2D eigenvalue weighted by atomic mass is 35.5. The van der Waals surface area contributed by atoms with Crippen LogP contribution in [0.4, 0.5) is 4.79 Å². The summed E-state index contributed by atoms with van der Waals surface area (Å²) in [6, 6.07) is 13.7. The fourth-order valence-corrected chi connectivity index (χ4v) is 2.48. The summed E-state index contributed by atoms with van der Waals surface area (Å²) in [7, 11) is 0. The second-order valence-electron chi connectivity index (χ2n) is 4.94. The summed E-state index contributed by atoms with van der Waals surface area (Å²) in [5.41, 5.74) is 1.88. The van der Waals surface area contributed by atoms with Crippen LogP contribution in [0.25, 0.3) is 0 Å². The molecule has 1 amide bonds. The first-order valence-electron chi connectivity index (χ1n) is 6.94. The first-order chi connectivity index (χ1) is 11.0. The van der Waals surface area contributed by atoms with Crippen molar-refractivity contribution in [2.24, 2.45) is 0 Å². The second kappa shape index (κ2) is 7.99. The van der Waals surface area contributed by atoms with Gasteiger partial charge in [-0.15, -0.1) is 0 Å². The molecule has 2 aromatic rings. The molecule has 0 saturated carbocycles. The van der Waals surface area contributed by atoms with Crippen molar-refractivity contribution >= 4 is 34.5 Å². The van der Waals surface area contributed by atoms with E-state index < -0.39 is 11.3 Å². The predicted molar refractivity (Wildman–Crippen MR) is 89.8 cm³/mol. The third kappa shape index (κ3) is 4.98. The van der Waals surface area contributed by atoms with Crippen LogP contribution < -0.4 is 5.32 Å². The van der Waals surface area contributed by atoms with Crippen molar-refractivity contribution in [1.82, 2.24) is 5.32 Å². The molecule has 23 heavy (non-hydrogen) atoms. The van der Waals surface area contributed by atoms with Gasteiger partial charge in [-0.3, -0.25) is 4.79 Å². The van der Waals surface area contributed by atoms with Crippen LogP contribution in [-0.4, -0.2) is 11.3 Å². The van der Waals surface area contributed by atoms with E-state index in [2.05, 4.69) is 5.32 Å². The van der Waals surface area contributed by atoms with E-state index in [1.54, 1.807) is 19.1 Å². The van der Waals surface area contributed by atoms with Gasteiger partial charge in [-0.25, -0.2) is 4.79 Å². The lowest BCUT2D eigenvalue weighted by Crippen LogP contribution is -2.27. The molecule has 0 radical (unpaired) electrons. The van der Waals surface area contributed by atoms with Gasteiger partial charge in [0.15, 0.2) is 0 Å². The number of nitrogens with one attached hydrogen (secondary N) is 1. The summed E-state index contributed by atoms with van der Waals surface area (Å²) < 4.78 is 5.15. The molecule has 1 N–H and O–H groups in total. The summed E-state index contributed by atoms with van der Waals surface area (Å²) in [6.45, 7) is 1.96. The Morgan fingerprint density at radius 2 is 1.87 bits per heavy atom. The Hall–Kier alpha value is -2.04. The lowest BCUT2D eigenvalue weighted by molar-refractivity contribution is 0.108. The standard InChI is InChI=1S/C17H15Cl2NO3/c1-11(14-8-7-13(16(19)21)9-15(14)18)20-17(22)23-10-12-5-3-2-4-6-12/h2-9,11H,10H2,1H3,(H,20,22). The van der Waals surface area contributed by atoms with E-state index >= 15 is 0 Å². The van der Waals surface area contributed by atoms with Gasteiger partial charge in [0.25, 0.3) is 5.24 Å². The maximum Gasteiger partial charge on any atom is 0.407 e. The number of rotatable bonds is 5. The molecule has 2 rings (SSSR count). The first kappa shape index (κ1) is 17.3. The predicted octanol–water partition coefficient (Wildman–Crippen LogP) is 4.71. The Bertz CT molecular complexity index is 704. The molecule has 0 aliphatic heterocycles. The minimum atomic E-state index is -0.582. The average molecular weight is 352 g/mol. The zero-order chi connectivity index (χ0) is 16.8. The fraction of sp³-hybridized carbons (Fsp3) is 0.176. The highest BCUT2D eigenvalue weighted by Crippen LogP contribution is 2.25. The van der Waals surface area contributed by atoms with Gasteiger partial charge in [-0.05, 0) is 41.8 Å². The molecular formula is C17H15Cl2NO3. The highest BCUT2D eigenvalue weighted by Gasteiger charge is 2.15. The van der Waals surface area contributed by atoms with Crippen LogP contribution >= 0.6 is 23.2 Å². The lowest BCUT2D eigenvalue weighted by atomic mass is 10.1. The molecule has 1 atom stereocenters. The number of hydrogen-bond acceptors (Lipinski definition) is 3. The monoisotopic (exact) mass is 351 g/mol. The molecule has 0 bridgehead atoms. The third-order valence-electron chi connectivity index (χ3n) is 3.24. The zero-order valence-electron chi connectivity index (χ0n) is 12.4. The minimum Gasteiger partial charge on any atom is -0.445 e. The summed E-state index contributed by atoms with van der Waals surface area (Å²) in [4.78, 5) is 22.9. The summed E-state index contributed by atoms with van der Waals surface area (Å²) in [6.07, 6.45) is -0.546. The molecule has 0 saturated heterocycles. The van der Waals surface area contributed by atoms with Gasteiger partial charge in [0.1, 0.15) is 6.61 Å². The van der Waals surface area contributed by atoms with Crippen LogP contribution in [0.2, 0.25) is 5.02 Å². The van der Waals surface area contributed by atoms with E-state index in [9.17, 15) is 9.59 Å². The molecule has 0 fully saturated rings. The van der Waals surface area contributed by atoms with Crippen molar-refractivity contribution in [2.45, 2.75) is 19.6 Å². The quantitative estimate of drug-likeness (QED) is 0.793. The highest BCUT2D eigenvalue weighted by molar-refractivity contribution is 6.67. The molecule has 6 heteroatoms. The van der Waals surface area contributed by atoms with Gasteiger partial charge >= 0.3 is 6.09 Å². The molecule has 0 aromatic heterocycles. The second-order valence-corrected chi connectivity index (χ2v) is 5.69. The molecule has 0 aliphatic rings. The third-order valence-corrected chi connectivity index (χ3v) is 3.79. The molecule has 0 spiro atoms. The van der Waals surface area contributed by atoms with Gasteiger partial charge in [0.2, 0.25) is 0 Å². The topological polar surface area (TPSA) is 55.4 Å². The molecule has 1 unspecified atom stereocenters. The van der Waals surface area contributed by atoms with Gasteiger partial charge in [-0.1, -0.05) is 48.0 Å². The number of hydrogen-bond donors (Lipinski definition) is 1. The normalized spacial score (nSPS) is 11.6. The minimum absolute atomic E-state index is 0.187. The molecule has 4 nitrogen and oxygen atoms in total. The van der Waals surface area contributed by atoms with Crippen LogP contribution in [0.1, 0.15) is 34.5 Å². The van der Waals surface area contributed by atoms with E-state index in [0.717, 1.165) is 5.56 Å². The molecular weight excluding hydrogens is 337 g/mol. The van der Waals surface area contributed by atoms with Gasteiger partial charge in [0.05, 0.1) is 6.04 Å². The molecule has 2 aromatic carbocycles. The number of carbonyl (C=O) groups excluding carboxylic acids is 2. The molecule has 120 valence electrons. The Morgan fingerprint density at radius 3 is 2.48 bits per heavy atom. The van der Waals surface area contributed by atoms with Crippen LogP contribution in [0.15, 0.2) is 48.5 Å². The van der Waals surface area contributed by atoms with E-state index in [4.69, 9.17) is 27.9 Å². The maximum absolute atomic E-state index is 11.8. The number of carbonyl (C=O) groups is 2. The smallest absolute Gasteiger partial charge is 0.407 e. The van der Waals surface area contributed by atoms with Crippen molar-refractivity contribution in [1.29, 1.82) is 0 Å². The summed E-state index contributed by atoms with van der Waals surface area (Å²) in [5, 5.41) is 2.46. The van der Waals surface area contributed by atoms with Crippen molar-refractivity contribution in [2.75, 3.05) is 0 Å². The largest absolute Gasteiger partial charge is 0.445 e. The number of amides is 1. The van der Waals surface area contributed by atoms with Crippen LogP contribution in [0.3, 0.4) is 0 Å². The van der Waals surface area contributed by atoms with Gasteiger partial charge in [-0.2, -0.15) is 0 Å². The Labute approximate surface area is 144 Å². The average Bonchev–Trinajstić information content (AvgIpc) is 2.53. The lowest BCUT2D eigenvalue weighted by Gasteiger charge is -2.16. The van der Waals surface area contributed by atoms with Crippen molar-refractivity contribution in [3.05, 3.63) is 70.2 Å². The number of alkyl carbamates (subject to hydrolysis) is 1. The van der Waals surface area contributed by atoms with E-state index in [1.807, 2.05) is 30.3 Å². The maximum atomic E-state index is 11.8. The molecule has 0 aliphatic carbocycles. The zero-order valence-corrected chi connectivity index (χ0v) is 13.9.